The smallest absolute Gasteiger partial charge is 0.0664 e. The number of hydrogen-bond donors (Lipinski definition) is 0. The third-order valence-corrected chi connectivity index (χ3v) is 5.46. The molecule has 0 N–H and O–H groups in total. The number of piperazine rings is 1. The Kier molecular flexibility index (Phi) is 5.11. The van der Waals surface area contributed by atoms with Gasteiger partial charge in [0.2, 0.25) is 0 Å². The van der Waals surface area contributed by atoms with Gasteiger partial charge in [-0.1, -0.05) is 43.3 Å². The van der Waals surface area contributed by atoms with Crippen molar-refractivity contribution in [2.75, 3.05) is 32.8 Å². The van der Waals surface area contributed by atoms with Gasteiger partial charge >= 0.3 is 0 Å². The van der Waals surface area contributed by atoms with Crippen LogP contribution in [0.3, 0.4) is 0 Å². The molecule has 2 atom stereocenters. The average Bonchev–Trinajstić information content (AvgIpc) is 2.68. The Bertz CT molecular complexity index is 673. The van der Waals surface area contributed by atoms with Crippen LogP contribution in [0.15, 0.2) is 48.7 Å². The zero-order chi connectivity index (χ0) is 17.1. The van der Waals surface area contributed by atoms with E-state index >= 15 is 0 Å². The average molecular weight is 337 g/mol. The Morgan fingerprint density at radius 1 is 1.08 bits per heavy atom. The van der Waals surface area contributed by atoms with Gasteiger partial charge in [-0.3, -0.25) is 14.8 Å². The minimum atomic E-state index is 0.393. The molecule has 25 heavy (non-hydrogen) atoms. The highest BCUT2D eigenvalue weighted by molar-refractivity contribution is 5.20. The Hall–Kier alpha value is -1.75. The molecule has 0 aliphatic carbocycles. The fourth-order valence-electron chi connectivity index (χ4n) is 4.00. The van der Waals surface area contributed by atoms with E-state index in [2.05, 4.69) is 64.2 Å². The normalized spacial score (nSPS) is 24.8. The molecule has 4 heteroatoms. The summed E-state index contributed by atoms with van der Waals surface area (Å²) >= 11 is 0. The summed E-state index contributed by atoms with van der Waals surface area (Å²) in [5.41, 5.74) is 3.85. The first kappa shape index (κ1) is 16.7. The predicted octanol–water partition coefficient (Wildman–Crippen LogP) is 2.90. The van der Waals surface area contributed by atoms with Gasteiger partial charge in [-0.25, -0.2) is 0 Å². The topological polar surface area (TPSA) is 28.6 Å². The second-order valence-corrected chi connectivity index (χ2v) is 7.10. The molecular formula is C21H27N3O. The van der Waals surface area contributed by atoms with E-state index in [4.69, 9.17) is 4.74 Å². The first-order chi connectivity index (χ1) is 12.3. The van der Waals surface area contributed by atoms with E-state index in [1.54, 1.807) is 0 Å². The van der Waals surface area contributed by atoms with E-state index < -0.39 is 0 Å². The Morgan fingerprint density at radius 3 is 2.72 bits per heavy atom. The van der Waals surface area contributed by atoms with Gasteiger partial charge in [0.25, 0.3) is 0 Å². The first-order valence-electron chi connectivity index (χ1n) is 9.38. The van der Waals surface area contributed by atoms with Crippen molar-refractivity contribution in [3.05, 3.63) is 65.5 Å². The van der Waals surface area contributed by atoms with E-state index in [0.717, 1.165) is 45.8 Å². The van der Waals surface area contributed by atoms with Crippen molar-refractivity contribution in [1.29, 1.82) is 0 Å². The zero-order valence-electron chi connectivity index (χ0n) is 15.0. The van der Waals surface area contributed by atoms with Gasteiger partial charge in [-0.05, 0) is 23.6 Å². The SMILES string of the molecule is CCc1ccc(CN2CCN3[C@@H](COC[C@@H]3c3ccccc3)C2)nc1. The van der Waals surface area contributed by atoms with E-state index in [0.29, 0.717) is 12.1 Å². The largest absolute Gasteiger partial charge is 0.378 e. The summed E-state index contributed by atoms with van der Waals surface area (Å²) in [5.74, 6) is 0. The Balaban J connectivity index is 1.41. The lowest BCUT2D eigenvalue weighted by molar-refractivity contribution is -0.0837. The number of morpholine rings is 1. The first-order valence-corrected chi connectivity index (χ1v) is 9.38. The lowest BCUT2D eigenvalue weighted by Crippen LogP contribution is -2.58. The van der Waals surface area contributed by atoms with E-state index in [-0.39, 0.29) is 0 Å². The van der Waals surface area contributed by atoms with Gasteiger partial charge in [-0.2, -0.15) is 0 Å². The summed E-state index contributed by atoms with van der Waals surface area (Å²) in [4.78, 5) is 9.79. The number of pyridine rings is 1. The molecule has 3 heterocycles. The fourth-order valence-corrected chi connectivity index (χ4v) is 4.00. The van der Waals surface area contributed by atoms with Gasteiger partial charge in [0.15, 0.2) is 0 Å². The third-order valence-electron chi connectivity index (χ3n) is 5.46. The molecule has 1 aromatic carbocycles. The Labute approximate surface area is 150 Å². The van der Waals surface area contributed by atoms with Crippen molar-refractivity contribution in [3.8, 4) is 0 Å². The van der Waals surface area contributed by atoms with Crippen molar-refractivity contribution < 1.29 is 4.74 Å². The predicted molar refractivity (Wildman–Crippen MR) is 99.4 cm³/mol. The van der Waals surface area contributed by atoms with Crippen LogP contribution < -0.4 is 0 Å². The molecule has 0 spiro atoms. The molecule has 1 aromatic heterocycles. The van der Waals surface area contributed by atoms with Crippen LogP contribution in [0.25, 0.3) is 0 Å². The maximum atomic E-state index is 5.95. The maximum absolute atomic E-state index is 5.95. The minimum Gasteiger partial charge on any atom is -0.378 e. The molecule has 2 aromatic rings. The molecule has 0 unspecified atom stereocenters. The molecule has 2 fully saturated rings. The third kappa shape index (κ3) is 3.76. The second-order valence-electron chi connectivity index (χ2n) is 7.10. The van der Waals surface area contributed by atoms with Crippen LogP contribution in [0.4, 0.5) is 0 Å². The van der Waals surface area contributed by atoms with E-state index in [9.17, 15) is 0 Å². The number of hydrogen-bond acceptors (Lipinski definition) is 4. The van der Waals surface area contributed by atoms with Crippen LogP contribution in [-0.2, 0) is 17.7 Å². The maximum Gasteiger partial charge on any atom is 0.0664 e. The van der Waals surface area contributed by atoms with Crippen molar-refractivity contribution in [1.82, 2.24) is 14.8 Å². The van der Waals surface area contributed by atoms with Gasteiger partial charge in [0.1, 0.15) is 0 Å². The summed E-state index contributed by atoms with van der Waals surface area (Å²) in [5, 5.41) is 0. The highest BCUT2D eigenvalue weighted by Gasteiger charge is 2.36. The van der Waals surface area contributed by atoms with Gasteiger partial charge < -0.3 is 4.74 Å². The van der Waals surface area contributed by atoms with Crippen LogP contribution in [0.2, 0.25) is 0 Å². The zero-order valence-corrected chi connectivity index (χ0v) is 15.0. The van der Waals surface area contributed by atoms with Crippen LogP contribution in [0.1, 0.15) is 29.8 Å². The Morgan fingerprint density at radius 2 is 1.96 bits per heavy atom. The van der Waals surface area contributed by atoms with Crippen LogP contribution in [0, 0.1) is 0 Å². The highest BCUT2D eigenvalue weighted by atomic mass is 16.5. The van der Waals surface area contributed by atoms with Crippen molar-refractivity contribution in [3.63, 3.8) is 0 Å². The summed E-state index contributed by atoms with van der Waals surface area (Å²) in [6, 6.07) is 16.0. The molecular weight excluding hydrogens is 310 g/mol. The monoisotopic (exact) mass is 337 g/mol. The summed E-state index contributed by atoms with van der Waals surface area (Å²) in [6.45, 7) is 7.99. The second kappa shape index (κ2) is 7.65. The number of fused-ring (bicyclic) bond motifs is 1. The van der Waals surface area contributed by atoms with Crippen molar-refractivity contribution in [2.24, 2.45) is 0 Å². The molecule has 2 aliphatic rings. The number of ether oxygens (including phenoxy) is 1. The standard InChI is InChI=1S/C21H27N3O/c1-2-17-8-9-19(22-12-17)13-23-10-11-24-20(14-23)15-25-16-21(24)18-6-4-3-5-7-18/h3-9,12,20-21H,2,10-11,13-16H2,1H3/t20-,21-/m1/s1. The van der Waals surface area contributed by atoms with Gasteiger partial charge in [0, 0.05) is 38.4 Å². The van der Waals surface area contributed by atoms with Gasteiger partial charge in [0.05, 0.1) is 24.9 Å². The molecule has 2 aliphatic heterocycles. The van der Waals surface area contributed by atoms with E-state index in [1.165, 1.54) is 16.8 Å². The lowest BCUT2D eigenvalue weighted by atomic mass is 10.00. The number of aromatic nitrogens is 1. The van der Waals surface area contributed by atoms with Crippen molar-refractivity contribution in [2.45, 2.75) is 32.0 Å². The van der Waals surface area contributed by atoms with Crippen molar-refractivity contribution >= 4 is 0 Å². The molecule has 0 bridgehead atoms. The molecule has 2 saturated heterocycles. The van der Waals surface area contributed by atoms with Crippen LogP contribution >= 0.6 is 0 Å². The number of benzene rings is 1. The fraction of sp³-hybridized carbons (Fsp3) is 0.476. The molecule has 4 nitrogen and oxygen atoms in total. The summed E-state index contributed by atoms with van der Waals surface area (Å²) in [7, 11) is 0. The quantitative estimate of drug-likeness (QED) is 0.858. The molecule has 132 valence electrons. The van der Waals surface area contributed by atoms with Crippen LogP contribution in [0.5, 0.6) is 0 Å². The van der Waals surface area contributed by atoms with Gasteiger partial charge in [-0.15, -0.1) is 0 Å². The molecule has 0 radical (unpaired) electrons. The molecule has 4 rings (SSSR count). The molecule has 0 amide bonds. The number of aryl methyl sites for hydroxylation is 1. The summed E-state index contributed by atoms with van der Waals surface area (Å²) < 4.78 is 5.95. The molecule has 0 saturated carbocycles. The number of rotatable bonds is 4. The lowest BCUT2D eigenvalue weighted by Gasteiger charge is -2.48. The highest BCUT2D eigenvalue weighted by Crippen LogP contribution is 2.29. The van der Waals surface area contributed by atoms with E-state index in [1.807, 2.05) is 6.20 Å². The summed E-state index contributed by atoms with van der Waals surface area (Å²) in [6.07, 6.45) is 3.06. The van der Waals surface area contributed by atoms with Crippen LogP contribution in [-0.4, -0.2) is 53.7 Å². The number of nitrogens with zero attached hydrogens (tertiary/aromatic N) is 3. The minimum absolute atomic E-state index is 0.393.